The summed E-state index contributed by atoms with van der Waals surface area (Å²) < 4.78 is 2.81. The zero-order chi connectivity index (χ0) is 46.9. The number of rotatable bonds is 3. The fraction of sp³-hybridized carbons (Fsp3) is 0.314. The molecular weight excluding hydrogens is 880 g/mol. The Morgan fingerprint density at radius 3 is 1.73 bits per heavy atom. The predicted octanol–water partition coefficient (Wildman–Crippen LogP) is 14.8. The van der Waals surface area contributed by atoms with Crippen LogP contribution in [-0.4, -0.2) is 11.4 Å². The zero-order valence-corrected chi connectivity index (χ0v) is 41.5. The SMILES string of the molecule is Cc1ccccc1-c1cc2c3c(c1)-n1c4ccc(C56CC7CC8CC(C5)C87C6)cc4c4cc(C56CC7CC8CC(C5)C87C6)cc(c41)B3N1c3ccccc3C3(c4ccccc4-c4ccccc43)c3cccc-2c31. The number of nitrogens with zero attached hydrogens (tertiary/aromatic N) is 2. The van der Waals surface area contributed by atoms with Crippen molar-refractivity contribution < 1.29 is 0 Å². The first kappa shape index (κ1) is 38.1. The molecule has 1 aromatic heterocycles. The minimum atomic E-state index is -0.462. The second kappa shape index (κ2) is 11.7. The van der Waals surface area contributed by atoms with Gasteiger partial charge in [0.15, 0.2) is 0 Å². The minimum absolute atomic E-state index is 0.00204. The molecule has 4 atom stereocenters. The summed E-state index contributed by atoms with van der Waals surface area (Å²) in [5.41, 5.74) is 29.9. The summed E-state index contributed by atoms with van der Waals surface area (Å²) in [4.78, 5) is 2.90. The highest BCUT2D eigenvalue weighted by atomic mass is 15.1. The lowest BCUT2D eigenvalue weighted by Crippen LogP contribution is -2.62. The van der Waals surface area contributed by atoms with Gasteiger partial charge in [0, 0.05) is 33.4 Å². The van der Waals surface area contributed by atoms with Gasteiger partial charge in [-0.25, -0.2) is 0 Å². The standard InChI is InChI=1S/C70H55BN2/c1-38-11-2-3-12-48(38)39-23-53-51-15-10-19-58-64(51)73(61-20-9-8-18-57(61)70(58)55-16-6-4-13-49(55)50-14-5-7-17-56(50)70)71-59-31-41(67-34-46-27-43-28-47(35-67)69(43,46)37-67)30-54-52-29-40(21-22-60(52)72(65(54)59)62(24-39)63(53)71)66-32-44-25-42-26-45(33-66)68(42,44)36-66/h2-24,29-31,42-47H,25-28,32-37H2,1H3. The third-order valence-electron chi connectivity index (χ3n) is 25.0. The van der Waals surface area contributed by atoms with Crippen LogP contribution in [0.3, 0.4) is 0 Å². The molecule has 3 aliphatic heterocycles. The Labute approximate surface area is 427 Å². The molecule has 73 heavy (non-hydrogen) atoms. The van der Waals surface area contributed by atoms with Gasteiger partial charge in [0.1, 0.15) is 0 Å². The van der Waals surface area contributed by atoms with Gasteiger partial charge in [0.2, 0.25) is 0 Å². The lowest BCUT2D eigenvalue weighted by molar-refractivity contribution is -0.175. The number of para-hydroxylation sites is 2. The molecule has 0 N–H and O–H groups in total. The molecule has 2 nitrogen and oxygen atoms in total. The number of benzene rings is 8. The number of hydrogen-bond acceptors (Lipinski definition) is 1. The van der Waals surface area contributed by atoms with Gasteiger partial charge in [0.05, 0.1) is 16.4 Å². The van der Waals surface area contributed by atoms with Crippen molar-refractivity contribution >= 4 is 51.0 Å². The number of anilines is 2. The second-order valence-electron chi connectivity index (χ2n) is 26.7. The quantitative estimate of drug-likeness (QED) is 0.160. The topological polar surface area (TPSA) is 8.17 Å². The molecule has 9 aliphatic carbocycles. The van der Waals surface area contributed by atoms with Crippen LogP contribution in [0.15, 0.2) is 158 Å². The molecular formula is C70H55BN2. The van der Waals surface area contributed by atoms with Gasteiger partial charge in [-0.15, -0.1) is 0 Å². The van der Waals surface area contributed by atoms with Crippen molar-refractivity contribution in [3.05, 3.63) is 197 Å². The van der Waals surface area contributed by atoms with E-state index in [2.05, 4.69) is 174 Å². The van der Waals surface area contributed by atoms with Gasteiger partial charge < -0.3 is 9.38 Å². The van der Waals surface area contributed by atoms with E-state index in [1.807, 2.05) is 0 Å². The molecule has 3 spiro atoms. The largest absolute Gasteiger partial charge is 0.376 e. The Hall–Kier alpha value is -6.58. The molecule has 0 radical (unpaired) electrons. The van der Waals surface area contributed by atoms with Crippen molar-refractivity contribution in [1.82, 2.24) is 4.57 Å². The van der Waals surface area contributed by atoms with Crippen LogP contribution in [0.2, 0.25) is 0 Å². The Morgan fingerprint density at radius 1 is 0.466 bits per heavy atom. The first-order valence-corrected chi connectivity index (χ1v) is 28.5. The van der Waals surface area contributed by atoms with Gasteiger partial charge >= 0.3 is 6.85 Å². The van der Waals surface area contributed by atoms with Crippen LogP contribution in [0.4, 0.5) is 11.4 Å². The fourth-order valence-electron chi connectivity index (χ4n) is 22.6. The average Bonchev–Trinajstić information content (AvgIpc) is 4.39. The molecule has 4 unspecified atom stereocenters. The van der Waals surface area contributed by atoms with Gasteiger partial charge in [-0.3, -0.25) is 0 Å². The van der Waals surface area contributed by atoms with Crippen LogP contribution in [0, 0.1) is 53.3 Å². The monoisotopic (exact) mass is 934 g/mol. The van der Waals surface area contributed by atoms with E-state index in [9.17, 15) is 0 Å². The van der Waals surface area contributed by atoms with Crippen molar-refractivity contribution in [2.24, 2.45) is 46.3 Å². The molecule has 21 rings (SSSR count). The molecule has 8 aromatic carbocycles. The Kier molecular flexibility index (Phi) is 6.09. The van der Waals surface area contributed by atoms with E-state index in [4.69, 9.17) is 0 Å². The van der Waals surface area contributed by atoms with Crippen molar-refractivity contribution in [2.45, 2.75) is 87.4 Å². The summed E-state index contributed by atoms with van der Waals surface area (Å²) in [6, 6.07) is 63.9. The summed E-state index contributed by atoms with van der Waals surface area (Å²) in [6.07, 6.45) is 14.5. The molecule has 9 aromatic rings. The van der Waals surface area contributed by atoms with Crippen LogP contribution in [0.5, 0.6) is 0 Å². The van der Waals surface area contributed by atoms with E-state index < -0.39 is 5.41 Å². The van der Waals surface area contributed by atoms with E-state index in [-0.39, 0.29) is 12.3 Å². The predicted molar refractivity (Wildman–Crippen MR) is 296 cm³/mol. The smallest absolute Gasteiger partial charge is 0.333 e. The summed E-state index contributed by atoms with van der Waals surface area (Å²) >= 11 is 0. The maximum atomic E-state index is 2.90. The third kappa shape index (κ3) is 3.76. The minimum Gasteiger partial charge on any atom is -0.376 e. The zero-order valence-electron chi connectivity index (χ0n) is 41.5. The summed E-state index contributed by atoms with van der Waals surface area (Å²) in [5.74, 6) is 5.82. The second-order valence-corrected chi connectivity index (χ2v) is 26.7. The maximum Gasteiger partial charge on any atom is 0.333 e. The summed E-state index contributed by atoms with van der Waals surface area (Å²) in [6.45, 7) is 2.31. The molecule has 348 valence electrons. The van der Waals surface area contributed by atoms with Gasteiger partial charge in [-0.2, -0.15) is 0 Å². The van der Waals surface area contributed by atoms with E-state index >= 15 is 0 Å². The molecule has 4 heterocycles. The maximum absolute atomic E-state index is 2.90. The molecule has 3 heteroatoms. The first-order chi connectivity index (χ1) is 35.9. The van der Waals surface area contributed by atoms with Gasteiger partial charge in [-0.1, -0.05) is 121 Å². The lowest BCUT2D eigenvalue weighted by Gasteiger charge is -2.66. The molecule has 8 fully saturated rings. The Bertz CT molecular complexity index is 4110. The molecule has 8 saturated carbocycles. The lowest BCUT2D eigenvalue weighted by atomic mass is 9.38. The Balaban J connectivity index is 0.901. The van der Waals surface area contributed by atoms with Crippen LogP contribution in [-0.2, 0) is 16.2 Å². The number of aryl methyl sites for hydroxylation is 1. The first-order valence-electron chi connectivity index (χ1n) is 28.5. The number of aromatic nitrogens is 1. The van der Waals surface area contributed by atoms with Crippen LogP contribution in [0.25, 0.3) is 60.9 Å². The van der Waals surface area contributed by atoms with Gasteiger partial charge in [0.25, 0.3) is 0 Å². The normalized spacial score (nSPS) is 33.5. The molecule has 0 amide bonds. The van der Waals surface area contributed by atoms with Crippen LogP contribution < -0.4 is 15.7 Å². The van der Waals surface area contributed by atoms with E-state index in [0.717, 1.165) is 35.5 Å². The summed E-state index contributed by atoms with van der Waals surface area (Å²) in [7, 11) is 0. The highest BCUT2D eigenvalue weighted by Crippen LogP contribution is 2.86. The van der Waals surface area contributed by atoms with Crippen molar-refractivity contribution in [3.63, 3.8) is 0 Å². The van der Waals surface area contributed by atoms with E-state index in [0.29, 0.717) is 16.2 Å². The van der Waals surface area contributed by atoms with E-state index in [1.165, 1.54) is 175 Å². The average molecular weight is 935 g/mol. The van der Waals surface area contributed by atoms with Crippen molar-refractivity contribution in [2.75, 3.05) is 4.81 Å². The fourth-order valence-corrected chi connectivity index (χ4v) is 22.6. The van der Waals surface area contributed by atoms with E-state index in [1.54, 1.807) is 11.1 Å². The van der Waals surface area contributed by atoms with Crippen LogP contribution >= 0.6 is 0 Å². The molecule has 0 saturated heterocycles. The Morgan fingerprint density at radius 2 is 1.05 bits per heavy atom. The third-order valence-corrected chi connectivity index (χ3v) is 25.0. The molecule has 4 bridgehead atoms. The van der Waals surface area contributed by atoms with Gasteiger partial charge in [-0.05, 0) is 242 Å². The molecule has 12 aliphatic rings. The number of fused-ring (bicyclic) bond motifs is 18. The summed E-state index contributed by atoms with van der Waals surface area (Å²) in [5, 5.41) is 3.03. The number of hydrogen-bond donors (Lipinski definition) is 0. The van der Waals surface area contributed by atoms with Crippen molar-refractivity contribution in [3.8, 4) is 39.1 Å². The van der Waals surface area contributed by atoms with Crippen molar-refractivity contribution in [1.29, 1.82) is 0 Å². The highest BCUT2D eigenvalue weighted by molar-refractivity contribution is 6.93. The highest BCUT2D eigenvalue weighted by Gasteiger charge is 2.79. The van der Waals surface area contributed by atoms with Crippen LogP contribution in [0.1, 0.15) is 103 Å².